The van der Waals surface area contributed by atoms with Crippen molar-refractivity contribution in [3.63, 3.8) is 0 Å². The van der Waals surface area contributed by atoms with E-state index in [2.05, 4.69) is 34.1 Å². The highest BCUT2D eigenvalue weighted by Crippen LogP contribution is 2.15. The highest BCUT2D eigenvalue weighted by Gasteiger charge is 2.19. The first-order valence-electron chi connectivity index (χ1n) is 9.62. The minimum absolute atomic E-state index is 0.189. The van der Waals surface area contributed by atoms with E-state index in [9.17, 15) is 9.90 Å². The number of hydrogen-bond acceptors (Lipinski definition) is 6. The van der Waals surface area contributed by atoms with E-state index in [1.807, 2.05) is 6.07 Å². The molecule has 0 bridgehead atoms. The first-order valence-corrected chi connectivity index (χ1v) is 9.62. The topological polar surface area (TPSA) is 62.2 Å². The maximum atomic E-state index is 11.6. The normalized spacial score (nSPS) is 16.5. The van der Waals surface area contributed by atoms with E-state index < -0.39 is 12.1 Å². The fourth-order valence-electron chi connectivity index (χ4n) is 3.35. The predicted octanol–water partition coefficient (Wildman–Crippen LogP) is 2.03. The van der Waals surface area contributed by atoms with Crippen molar-refractivity contribution in [1.82, 2.24) is 9.80 Å². The van der Waals surface area contributed by atoms with Gasteiger partial charge in [0.25, 0.3) is 0 Å². The third-order valence-electron chi connectivity index (χ3n) is 4.88. The lowest BCUT2D eigenvalue weighted by atomic mass is 10.2. The number of aliphatic hydroxyl groups excluding tert-OH is 1. The molecule has 28 heavy (non-hydrogen) atoms. The van der Waals surface area contributed by atoms with Crippen LogP contribution < -0.4 is 4.74 Å². The van der Waals surface area contributed by atoms with Gasteiger partial charge in [-0.3, -0.25) is 9.80 Å². The lowest BCUT2D eigenvalue weighted by Crippen LogP contribution is -2.48. The molecule has 3 rings (SSSR count). The largest absolute Gasteiger partial charge is 0.491 e. The van der Waals surface area contributed by atoms with E-state index in [0.29, 0.717) is 17.9 Å². The first kappa shape index (κ1) is 20.3. The fourth-order valence-corrected chi connectivity index (χ4v) is 3.35. The molecule has 0 unspecified atom stereocenters. The molecule has 0 aromatic heterocycles. The molecule has 1 N–H and O–H groups in total. The Morgan fingerprint density at radius 1 is 1.04 bits per heavy atom. The van der Waals surface area contributed by atoms with Crippen molar-refractivity contribution in [3.8, 4) is 5.75 Å². The molecule has 1 atom stereocenters. The second-order valence-electron chi connectivity index (χ2n) is 7.05. The van der Waals surface area contributed by atoms with Crippen LogP contribution in [0.5, 0.6) is 5.75 Å². The van der Waals surface area contributed by atoms with E-state index in [0.717, 1.165) is 32.7 Å². The molecule has 6 nitrogen and oxygen atoms in total. The first-order chi connectivity index (χ1) is 13.6. The lowest BCUT2D eigenvalue weighted by Gasteiger charge is -2.35. The highest BCUT2D eigenvalue weighted by molar-refractivity contribution is 5.89. The van der Waals surface area contributed by atoms with E-state index in [1.54, 1.807) is 24.3 Å². The molecule has 0 aliphatic carbocycles. The Hall–Kier alpha value is -2.41. The Morgan fingerprint density at radius 2 is 1.75 bits per heavy atom. The maximum absolute atomic E-state index is 11.6. The molecule has 0 spiro atoms. The summed E-state index contributed by atoms with van der Waals surface area (Å²) in [4.78, 5) is 16.3. The molecule has 0 saturated carbocycles. The number of carbonyl (C=O) groups excluding carboxylic acids is 1. The van der Waals surface area contributed by atoms with Crippen molar-refractivity contribution in [1.29, 1.82) is 0 Å². The van der Waals surface area contributed by atoms with Gasteiger partial charge >= 0.3 is 5.97 Å². The van der Waals surface area contributed by atoms with Gasteiger partial charge in [-0.1, -0.05) is 36.4 Å². The van der Waals surface area contributed by atoms with Crippen LogP contribution in [0.25, 0.3) is 0 Å². The van der Waals surface area contributed by atoms with Gasteiger partial charge in [0.05, 0.1) is 12.7 Å². The van der Waals surface area contributed by atoms with Gasteiger partial charge in [0, 0.05) is 39.3 Å². The second kappa shape index (κ2) is 10.2. The molecule has 1 fully saturated rings. The average molecular weight is 384 g/mol. The number of nitrogens with zero attached hydrogens (tertiary/aromatic N) is 2. The van der Waals surface area contributed by atoms with Crippen LogP contribution in [-0.4, -0.2) is 73.4 Å². The number of aliphatic hydroxyl groups is 1. The summed E-state index contributed by atoms with van der Waals surface area (Å²) in [6, 6.07) is 17.3. The molecule has 2 aromatic carbocycles. The van der Waals surface area contributed by atoms with Crippen LogP contribution in [0.3, 0.4) is 0 Å². The number of ether oxygens (including phenoxy) is 2. The summed E-state index contributed by atoms with van der Waals surface area (Å²) in [6.45, 7) is 5.58. The van der Waals surface area contributed by atoms with Gasteiger partial charge in [0.15, 0.2) is 0 Å². The number of hydrogen-bond donors (Lipinski definition) is 1. The smallest absolute Gasteiger partial charge is 0.337 e. The zero-order valence-electron chi connectivity index (χ0n) is 16.3. The Bertz CT molecular complexity index is 745. The third kappa shape index (κ3) is 6.05. The number of benzene rings is 2. The summed E-state index contributed by atoms with van der Waals surface area (Å²) in [5.74, 6) is 0.147. The van der Waals surface area contributed by atoms with E-state index in [-0.39, 0.29) is 6.61 Å². The van der Waals surface area contributed by atoms with Crippen LogP contribution in [0.4, 0.5) is 0 Å². The van der Waals surface area contributed by atoms with Crippen LogP contribution in [0.2, 0.25) is 0 Å². The van der Waals surface area contributed by atoms with Gasteiger partial charge in [-0.15, -0.1) is 0 Å². The summed E-state index contributed by atoms with van der Waals surface area (Å²) >= 11 is 0. The molecule has 1 aliphatic rings. The van der Waals surface area contributed by atoms with Crippen molar-refractivity contribution < 1.29 is 19.4 Å². The molecule has 2 aromatic rings. The highest BCUT2D eigenvalue weighted by atomic mass is 16.5. The molecular weight excluding hydrogens is 356 g/mol. The third-order valence-corrected chi connectivity index (χ3v) is 4.88. The average Bonchev–Trinajstić information content (AvgIpc) is 2.74. The predicted molar refractivity (Wildman–Crippen MR) is 107 cm³/mol. The SMILES string of the molecule is COC(=O)c1cccc(OC[C@@H](O)CN2CCN(Cc3ccccc3)CC2)c1. The van der Waals surface area contributed by atoms with E-state index in [4.69, 9.17) is 9.47 Å². The molecule has 1 heterocycles. The number of rotatable bonds is 8. The Kier molecular flexibility index (Phi) is 7.42. The minimum Gasteiger partial charge on any atom is -0.491 e. The van der Waals surface area contributed by atoms with Crippen molar-refractivity contribution in [2.24, 2.45) is 0 Å². The van der Waals surface area contributed by atoms with E-state index in [1.165, 1.54) is 12.7 Å². The molecule has 6 heteroatoms. The van der Waals surface area contributed by atoms with Crippen LogP contribution >= 0.6 is 0 Å². The monoisotopic (exact) mass is 384 g/mol. The summed E-state index contributed by atoms with van der Waals surface area (Å²) in [5.41, 5.74) is 1.77. The van der Waals surface area contributed by atoms with Gasteiger partial charge in [-0.2, -0.15) is 0 Å². The van der Waals surface area contributed by atoms with Gasteiger partial charge in [-0.25, -0.2) is 4.79 Å². The van der Waals surface area contributed by atoms with Gasteiger partial charge in [0.2, 0.25) is 0 Å². The number of methoxy groups -OCH3 is 1. The number of β-amino-alcohol motifs (C(OH)–C–C–N with tert-alkyl or cyclic N) is 1. The standard InChI is InChI=1S/C22H28N2O4/c1-27-22(26)19-8-5-9-21(14-19)28-17-20(25)16-24-12-10-23(11-13-24)15-18-6-3-2-4-7-18/h2-9,14,20,25H,10-13,15-17H2,1H3/t20-/m0/s1. The van der Waals surface area contributed by atoms with Crippen molar-refractivity contribution >= 4 is 5.97 Å². The molecular formula is C22H28N2O4. The molecule has 1 saturated heterocycles. The Labute approximate surface area is 166 Å². The van der Waals surface area contributed by atoms with Crippen LogP contribution in [-0.2, 0) is 11.3 Å². The lowest BCUT2D eigenvalue weighted by molar-refractivity contribution is 0.0445. The van der Waals surface area contributed by atoms with Gasteiger partial charge in [0.1, 0.15) is 18.5 Å². The zero-order valence-corrected chi connectivity index (χ0v) is 16.3. The Morgan fingerprint density at radius 3 is 2.46 bits per heavy atom. The zero-order chi connectivity index (χ0) is 19.8. The maximum Gasteiger partial charge on any atom is 0.337 e. The number of esters is 1. The molecule has 1 aliphatic heterocycles. The molecule has 0 radical (unpaired) electrons. The summed E-state index contributed by atoms with van der Waals surface area (Å²) in [6.07, 6.45) is -0.581. The number of piperazine rings is 1. The van der Waals surface area contributed by atoms with E-state index >= 15 is 0 Å². The Balaban J connectivity index is 1.39. The summed E-state index contributed by atoms with van der Waals surface area (Å²) in [7, 11) is 1.35. The second-order valence-corrected chi connectivity index (χ2v) is 7.05. The van der Waals surface area contributed by atoms with Crippen LogP contribution in [0.1, 0.15) is 15.9 Å². The summed E-state index contributed by atoms with van der Waals surface area (Å²) in [5, 5.41) is 10.3. The minimum atomic E-state index is -0.581. The summed E-state index contributed by atoms with van der Waals surface area (Å²) < 4.78 is 10.4. The van der Waals surface area contributed by atoms with Crippen molar-refractivity contribution in [3.05, 3.63) is 65.7 Å². The quantitative estimate of drug-likeness (QED) is 0.703. The number of carbonyl (C=O) groups is 1. The van der Waals surface area contributed by atoms with Crippen LogP contribution in [0.15, 0.2) is 54.6 Å². The van der Waals surface area contributed by atoms with Gasteiger partial charge < -0.3 is 14.6 Å². The van der Waals surface area contributed by atoms with Crippen molar-refractivity contribution in [2.45, 2.75) is 12.6 Å². The van der Waals surface area contributed by atoms with Crippen LogP contribution in [0, 0.1) is 0 Å². The van der Waals surface area contributed by atoms with Gasteiger partial charge in [-0.05, 0) is 23.8 Å². The van der Waals surface area contributed by atoms with Crippen molar-refractivity contribution in [2.75, 3.05) is 46.4 Å². The fraction of sp³-hybridized carbons (Fsp3) is 0.409. The molecule has 0 amide bonds. The molecule has 150 valence electrons.